The standard InChI is InChI=1S/C18H19NO3S/c1-12(11-13-5-3-2-4-6-13)22-18(21)15-9-10-16(23-15)19-17(20)14-7-8-14/h2-6,9-10,12,14H,7-8,11H2,1H3,(H,19,20). The molecule has 1 aromatic carbocycles. The van der Waals surface area contributed by atoms with Gasteiger partial charge in [0.2, 0.25) is 5.91 Å². The summed E-state index contributed by atoms with van der Waals surface area (Å²) >= 11 is 1.26. The van der Waals surface area contributed by atoms with E-state index in [-0.39, 0.29) is 23.9 Å². The van der Waals surface area contributed by atoms with Crippen LogP contribution in [0.5, 0.6) is 0 Å². The molecule has 1 aliphatic carbocycles. The first-order valence-corrected chi connectivity index (χ1v) is 8.59. The van der Waals surface area contributed by atoms with Gasteiger partial charge in [-0.1, -0.05) is 30.3 Å². The maximum absolute atomic E-state index is 12.2. The normalized spacial score (nSPS) is 15.0. The van der Waals surface area contributed by atoms with E-state index in [0.717, 1.165) is 18.4 Å². The molecule has 1 N–H and O–H groups in total. The number of esters is 1. The van der Waals surface area contributed by atoms with Crippen molar-refractivity contribution in [2.75, 3.05) is 5.32 Å². The van der Waals surface area contributed by atoms with E-state index in [1.54, 1.807) is 12.1 Å². The zero-order valence-corrected chi connectivity index (χ0v) is 13.8. The molecule has 2 aromatic rings. The van der Waals surface area contributed by atoms with Gasteiger partial charge in [0, 0.05) is 12.3 Å². The molecule has 23 heavy (non-hydrogen) atoms. The van der Waals surface area contributed by atoms with Crippen molar-refractivity contribution in [3.8, 4) is 0 Å². The highest BCUT2D eigenvalue weighted by atomic mass is 32.1. The highest BCUT2D eigenvalue weighted by Crippen LogP contribution is 2.31. The zero-order chi connectivity index (χ0) is 16.2. The minimum absolute atomic E-state index is 0.0456. The van der Waals surface area contributed by atoms with E-state index in [2.05, 4.69) is 5.32 Å². The summed E-state index contributed by atoms with van der Waals surface area (Å²) in [4.78, 5) is 24.4. The van der Waals surface area contributed by atoms with E-state index in [4.69, 9.17) is 4.74 Å². The van der Waals surface area contributed by atoms with Crippen LogP contribution in [0.3, 0.4) is 0 Å². The monoisotopic (exact) mass is 329 g/mol. The summed E-state index contributed by atoms with van der Waals surface area (Å²) in [5, 5.41) is 3.54. The minimum Gasteiger partial charge on any atom is -0.458 e. The number of rotatable bonds is 6. The Hall–Kier alpha value is -2.14. The molecule has 0 saturated heterocycles. The van der Waals surface area contributed by atoms with Gasteiger partial charge in [-0.05, 0) is 37.5 Å². The van der Waals surface area contributed by atoms with Crippen molar-refractivity contribution in [2.45, 2.75) is 32.3 Å². The summed E-state index contributed by atoms with van der Waals surface area (Å²) in [6, 6.07) is 13.4. The molecule has 4 nitrogen and oxygen atoms in total. The van der Waals surface area contributed by atoms with Gasteiger partial charge in [-0.2, -0.15) is 0 Å². The molecule has 1 fully saturated rings. The molecule has 0 aliphatic heterocycles. The molecule has 120 valence electrons. The van der Waals surface area contributed by atoms with Crippen molar-refractivity contribution in [3.63, 3.8) is 0 Å². The first-order chi connectivity index (χ1) is 11.1. The minimum atomic E-state index is -0.342. The smallest absolute Gasteiger partial charge is 0.348 e. The fourth-order valence-corrected chi connectivity index (χ4v) is 3.10. The average Bonchev–Trinajstić information content (AvgIpc) is 3.28. The van der Waals surface area contributed by atoms with Gasteiger partial charge in [-0.15, -0.1) is 11.3 Å². The highest BCUT2D eigenvalue weighted by Gasteiger charge is 2.30. The molecule has 0 spiro atoms. The van der Waals surface area contributed by atoms with Gasteiger partial charge < -0.3 is 10.1 Å². The number of hydrogen-bond acceptors (Lipinski definition) is 4. The third kappa shape index (κ3) is 4.42. The third-order valence-electron chi connectivity index (χ3n) is 3.68. The molecule has 1 saturated carbocycles. The van der Waals surface area contributed by atoms with Gasteiger partial charge >= 0.3 is 5.97 Å². The Morgan fingerprint density at radius 3 is 2.65 bits per heavy atom. The number of nitrogens with one attached hydrogen (secondary N) is 1. The third-order valence-corrected chi connectivity index (χ3v) is 4.66. The van der Waals surface area contributed by atoms with Crippen LogP contribution in [-0.4, -0.2) is 18.0 Å². The Bertz CT molecular complexity index is 691. The van der Waals surface area contributed by atoms with Crippen LogP contribution >= 0.6 is 11.3 Å². The molecule has 0 radical (unpaired) electrons. The Balaban J connectivity index is 1.53. The fraction of sp³-hybridized carbons (Fsp3) is 0.333. The van der Waals surface area contributed by atoms with Crippen LogP contribution in [0.4, 0.5) is 5.00 Å². The van der Waals surface area contributed by atoms with Crippen LogP contribution in [-0.2, 0) is 16.0 Å². The van der Waals surface area contributed by atoms with Crippen LogP contribution < -0.4 is 5.32 Å². The Morgan fingerprint density at radius 1 is 1.22 bits per heavy atom. The molecule has 0 bridgehead atoms. The maximum atomic E-state index is 12.2. The number of carbonyl (C=O) groups excluding carboxylic acids is 2. The fourth-order valence-electron chi connectivity index (χ4n) is 2.31. The quantitative estimate of drug-likeness (QED) is 0.818. The number of anilines is 1. The summed E-state index contributed by atoms with van der Waals surface area (Å²) in [5.41, 5.74) is 1.14. The van der Waals surface area contributed by atoms with Gasteiger partial charge in [0.15, 0.2) is 0 Å². The van der Waals surface area contributed by atoms with Crippen molar-refractivity contribution in [2.24, 2.45) is 5.92 Å². The van der Waals surface area contributed by atoms with Gasteiger partial charge in [0.1, 0.15) is 11.0 Å². The number of thiophene rings is 1. The number of carbonyl (C=O) groups is 2. The molecule has 1 amide bonds. The molecule has 3 rings (SSSR count). The molecule has 1 aromatic heterocycles. The highest BCUT2D eigenvalue weighted by molar-refractivity contribution is 7.18. The van der Waals surface area contributed by atoms with E-state index in [1.807, 2.05) is 37.3 Å². The molecule has 5 heteroatoms. The van der Waals surface area contributed by atoms with Crippen molar-refractivity contribution in [1.29, 1.82) is 0 Å². The Labute approximate surface area is 139 Å². The Kier molecular flexibility index (Phi) is 4.76. The average molecular weight is 329 g/mol. The zero-order valence-electron chi connectivity index (χ0n) is 13.0. The van der Waals surface area contributed by atoms with Crippen molar-refractivity contribution >= 4 is 28.2 Å². The molecule has 1 atom stereocenters. The van der Waals surface area contributed by atoms with E-state index < -0.39 is 0 Å². The molecule has 1 heterocycles. The number of hydrogen-bond donors (Lipinski definition) is 1. The lowest BCUT2D eigenvalue weighted by Crippen LogP contribution is -2.16. The molecular formula is C18H19NO3S. The van der Waals surface area contributed by atoms with Crippen LogP contribution in [0.1, 0.15) is 35.0 Å². The van der Waals surface area contributed by atoms with Gasteiger partial charge in [0.05, 0.1) is 5.00 Å². The van der Waals surface area contributed by atoms with Gasteiger partial charge in [-0.25, -0.2) is 4.79 Å². The second kappa shape index (κ2) is 6.96. The van der Waals surface area contributed by atoms with Crippen molar-refractivity contribution in [1.82, 2.24) is 0 Å². The summed E-state index contributed by atoms with van der Waals surface area (Å²) in [5.74, 6) is -0.145. The van der Waals surface area contributed by atoms with Gasteiger partial charge in [-0.3, -0.25) is 4.79 Å². The lowest BCUT2D eigenvalue weighted by atomic mass is 10.1. The van der Waals surface area contributed by atoms with E-state index in [1.165, 1.54) is 11.3 Å². The maximum Gasteiger partial charge on any atom is 0.348 e. The molecule has 1 unspecified atom stereocenters. The lowest BCUT2D eigenvalue weighted by molar-refractivity contribution is -0.117. The predicted octanol–water partition coefficient (Wildman–Crippen LogP) is 3.88. The Morgan fingerprint density at radius 2 is 1.96 bits per heavy atom. The lowest BCUT2D eigenvalue weighted by Gasteiger charge is -2.12. The van der Waals surface area contributed by atoms with Gasteiger partial charge in [0.25, 0.3) is 0 Å². The molecular weight excluding hydrogens is 310 g/mol. The number of ether oxygens (including phenoxy) is 1. The first kappa shape index (κ1) is 15.7. The van der Waals surface area contributed by atoms with Crippen molar-refractivity contribution in [3.05, 3.63) is 52.9 Å². The topological polar surface area (TPSA) is 55.4 Å². The van der Waals surface area contributed by atoms with Crippen LogP contribution in [0.2, 0.25) is 0 Å². The summed E-state index contributed by atoms with van der Waals surface area (Å²) in [7, 11) is 0. The second-order valence-electron chi connectivity index (χ2n) is 5.83. The SMILES string of the molecule is CC(Cc1ccccc1)OC(=O)c1ccc(NC(=O)C2CC2)s1. The summed E-state index contributed by atoms with van der Waals surface area (Å²) < 4.78 is 5.48. The van der Waals surface area contributed by atoms with E-state index in [0.29, 0.717) is 16.3 Å². The van der Waals surface area contributed by atoms with Crippen LogP contribution in [0, 0.1) is 5.92 Å². The first-order valence-electron chi connectivity index (χ1n) is 7.77. The summed E-state index contributed by atoms with van der Waals surface area (Å²) in [6.45, 7) is 1.88. The van der Waals surface area contributed by atoms with E-state index in [9.17, 15) is 9.59 Å². The van der Waals surface area contributed by atoms with Crippen LogP contribution in [0.15, 0.2) is 42.5 Å². The number of benzene rings is 1. The molecule has 1 aliphatic rings. The predicted molar refractivity (Wildman–Crippen MR) is 90.7 cm³/mol. The van der Waals surface area contributed by atoms with Crippen LogP contribution in [0.25, 0.3) is 0 Å². The van der Waals surface area contributed by atoms with E-state index >= 15 is 0 Å². The largest absolute Gasteiger partial charge is 0.458 e. The second-order valence-corrected chi connectivity index (χ2v) is 6.92. The number of amides is 1. The van der Waals surface area contributed by atoms with Crippen molar-refractivity contribution < 1.29 is 14.3 Å². The summed E-state index contributed by atoms with van der Waals surface area (Å²) in [6.07, 6.45) is 2.41.